The summed E-state index contributed by atoms with van der Waals surface area (Å²) >= 11 is 6.16. The van der Waals surface area contributed by atoms with Gasteiger partial charge in [0.1, 0.15) is 0 Å². The van der Waals surface area contributed by atoms with Crippen LogP contribution in [0.5, 0.6) is 0 Å². The highest BCUT2D eigenvalue weighted by molar-refractivity contribution is 6.31. The molecule has 6 heteroatoms. The van der Waals surface area contributed by atoms with E-state index in [1.165, 1.54) is 0 Å². The molecule has 1 atom stereocenters. The van der Waals surface area contributed by atoms with E-state index in [0.29, 0.717) is 17.2 Å². The number of benzene rings is 1. The van der Waals surface area contributed by atoms with Gasteiger partial charge in [-0.15, -0.1) is 0 Å². The Bertz CT molecular complexity index is 665. The molecule has 0 bridgehead atoms. The van der Waals surface area contributed by atoms with Crippen molar-refractivity contribution in [1.29, 1.82) is 0 Å². The van der Waals surface area contributed by atoms with Gasteiger partial charge in [-0.25, -0.2) is 4.68 Å². The number of nitrogens with zero attached hydrogens (tertiary/aromatic N) is 2. The van der Waals surface area contributed by atoms with Crippen LogP contribution in [0.1, 0.15) is 28.7 Å². The summed E-state index contributed by atoms with van der Waals surface area (Å²) in [6.45, 7) is 6.15. The van der Waals surface area contributed by atoms with E-state index in [0.717, 1.165) is 17.1 Å². The number of amides is 1. The van der Waals surface area contributed by atoms with E-state index >= 15 is 0 Å². The fourth-order valence-corrected chi connectivity index (χ4v) is 2.35. The molecule has 1 aromatic heterocycles. The summed E-state index contributed by atoms with van der Waals surface area (Å²) in [6.07, 6.45) is 0. The first-order valence-corrected chi connectivity index (χ1v) is 7.43. The fraction of sp³-hybridized carbons (Fsp3) is 0.375. The zero-order valence-electron chi connectivity index (χ0n) is 13.2. The lowest BCUT2D eigenvalue weighted by atomic mass is 10.2. The van der Waals surface area contributed by atoms with Crippen molar-refractivity contribution in [3.05, 3.63) is 46.2 Å². The monoisotopic (exact) mass is 321 g/mol. The molecule has 0 saturated heterocycles. The molecule has 1 aromatic carbocycles. The predicted molar refractivity (Wildman–Crippen MR) is 86.9 cm³/mol. The van der Waals surface area contributed by atoms with Gasteiger partial charge in [0, 0.05) is 18.7 Å². The van der Waals surface area contributed by atoms with Crippen LogP contribution < -0.4 is 5.32 Å². The molecule has 118 valence electrons. The number of hydrogen-bond acceptors (Lipinski definition) is 3. The lowest BCUT2D eigenvalue weighted by Gasteiger charge is -2.13. The molecule has 0 aliphatic carbocycles. The molecule has 0 fully saturated rings. The summed E-state index contributed by atoms with van der Waals surface area (Å²) in [4.78, 5) is 12.1. The van der Waals surface area contributed by atoms with E-state index < -0.39 is 0 Å². The SMILES string of the molecule is COCC(C)NC(=O)c1ccc(-n2nc(C)c(Cl)c2C)cc1. The zero-order chi connectivity index (χ0) is 16.3. The van der Waals surface area contributed by atoms with Crippen LogP contribution in [0.25, 0.3) is 5.69 Å². The third kappa shape index (κ3) is 3.48. The first-order chi connectivity index (χ1) is 10.4. The molecule has 0 radical (unpaired) electrons. The largest absolute Gasteiger partial charge is 0.383 e. The minimum atomic E-state index is -0.123. The molecule has 0 spiro atoms. The topological polar surface area (TPSA) is 56.1 Å². The number of nitrogens with one attached hydrogen (secondary N) is 1. The van der Waals surface area contributed by atoms with Crippen molar-refractivity contribution in [2.75, 3.05) is 13.7 Å². The molecule has 5 nitrogen and oxygen atoms in total. The highest BCUT2D eigenvalue weighted by Crippen LogP contribution is 2.22. The Morgan fingerprint density at radius 2 is 2.00 bits per heavy atom. The van der Waals surface area contributed by atoms with Crippen LogP contribution in [-0.4, -0.2) is 35.4 Å². The van der Waals surface area contributed by atoms with Crippen molar-refractivity contribution in [1.82, 2.24) is 15.1 Å². The van der Waals surface area contributed by atoms with Gasteiger partial charge in [0.05, 0.1) is 28.7 Å². The predicted octanol–water partition coefficient (Wildman–Crippen LogP) is 2.91. The summed E-state index contributed by atoms with van der Waals surface area (Å²) < 4.78 is 6.78. The number of halogens is 1. The average Bonchev–Trinajstić information content (AvgIpc) is 2.75. The summed E-state index contributed by atoms with van der Waals surface area (Å²) in [6, 6.07) is 7.22. The van der Waals surface area contributed by atoms with Gasteiger partial charge in [0.15, 0.2) is 0 Å². The third-order valence-corrected chi connectivity index (χ3v) is 3.92. The van der Waals surface area contributed by atoms with Crippen molar-refractivity contribution in [2.24, 2.45) is 0 Å². The van der Waals surface area contributed by atoms with Crippen LogP contribution >= 0.6 is 11.6 Å². The highest BCUT2D eigenvalue weighted by atomic mass is 35.5. The quantitative estimate of drug-likeness (QED) is 0.921. The van der Waals surface area contributed by atoms with Crippen LogP contribution in [0.15, 0.2) is 24.3 Å². The normalized spacial score (nSPS) is 12.2. The maximum atomic E-state index is 12.1. The van der Waals surface area contributed by atoms with Gasteiger partial charge < -0.3 is 10.1 Å². The maximum absolute atomic E-state index is 12.1. The Labute approximate surface area is 135 Å². The number of ether oxygens (including phenoxy) is 1. The number of carbonyl (C=O) groups is 1. The zero-order valence-corrected chi connectivity index (χ0v) is 13.9. The number of hydrogen-bond donors (Lipinski definition) is 1. The fourth-order valence-electron chi connectivity index (χ4n) is 2.23. The summed E-state index contributed by atoms with van der Waals surface area (Å²) in [5.74, 6) is -0.123. The lowest BCUT2D eigenvalue weighted by Crippen LogP contribution is -2.35. The minimum absolute atomic E-state index is 0.0352. The second kappa shape index (κ2) is 6.94. The number of methoxy groups -OCH3 is 1. The Morgan fingerprint density at radius 3 is 2.50 bits per heavy atom. The summed E-state index contributed by atoms with van der Waals surface area (Å²) in [5.41, 5.74) is 3.13. The third-order valence-electron chi connectivity index (χ3n) is 3.37. The lowest BCUT2D eigenvalue weighted by molar-refractivity contribution is 0.0905. The first-order valence-electron chi connectivity index (χ1n) is 7.06. The number of aromatic nitrogens is 2. The molecule has 0 saturated carbocycles. The van der Waals surface area contributed by atoms with Crippen LogP contribution in [0.2, 0.25) is 5.02 Å². The smallest absolute Gasteiger partial charge is 0.251 e. The molecule has 0 aliphatic rings. The second-order valence-electron chi connectivity index (χ2n) is 5.27. The van der Waals surface area contributed by atoms with E-state index in [1.54, 1.807) is 23.9 Å². The Hall–Kier alpha value is -1.85. The molecule has 1 N–H and O–H groups in total. The molecule has 2 rings (SSSR count). The van der Waals surface area contributed by atoms with Gasteiger partial charge in [0.2, 0.25) is 0 Å². The van der Waals surface area contributed by atoms with Gasteiger partial charge in [-0.05, 0) is 45.0 Å². The van der Waals surface area contributed by atoms with Gasteiger partial charge in [-0.3, -0.25) is 4.79 Å². The van der Waals surface area contributed by atoms with Crippen LogP contribution in [0.4, 0.5) is 0 Å². The van der Waals surface area contributed by atoms with E-state index in [4.69, 9.17) is 16.3 Å². The van der Waals surface area contributed by atoms with E-state index in [1.807, 2.05) is 32.9 Å². The summed E-state index contributed by atoms with van der Waals surface area (Å²) in [5, 5.41) is 7.93. The van der Waals surface area contributed by atoms with Gasteiger partial charge in [-0.2, -0.15) is 5.10 Å². The van der Waals surface area contributed by atoms with Gasteiger partial charge in [-0.1, -0.05) is 11.6 Å². The van der Waals surface area contributed by atoms with E-state index in [9.17, 15) is 4.79 Å². The Balaban J connectivity index is 2.16. The Morgan fingerprint density at radius 1 is 1.36 bits per heavy atom. The number of aryl methyl sites for hydroxylation is 1. The second-order valence-corrected chi connectivity index (χ2v) is 5.65. The molecular weight excluding hydrogens is 302 g/mol. The molecule has 2 aromatic rings. The van der Waals surface area contributed by atoms with Crippen LogP contribution in [0, 0.1) is 13.8 Å². The molecule has 1 unspecified atom stereocenters. The molecular formula is C16H20ClN3O2. The van der Waals surface area contributed by atoms with Gasteiger partial charge >= 0.3 is 0 Å². The Kier molecular flexibility index (Phi) is 5.21. The van der Waals surface area contributed by atoms with Crippen molar-refractivity contribution < 1.29 is 9.53 Å². The molecule has 1 heterocycles. The average molecular weight is 322 g/mol. The standard InChI is InChI=1S/C16H20ClN3O2/c1-10(9-22-4)18-16(21)13-5-7-14(8-6-13)20-12(3)15(17)11(2)19-20/h5-8,10H,9H2,1-4H3,(H,18,21). The minimum Gasteiger partial charge on any atom is -0.383 e. The molecule has 22 heavy (non-hydrogen) atoms. The summed E-state index contributed by atoms with van der Waals surface area (Å²) in [7, 11) is 1.61. The highest BCUT2D eigenvalue weighted by Gasteiger charge is 2.12. The van der Waals surface area contributed by atoms with E-state index in [2.05, 4.69) is 10.4 Å². The maximum Gasteiger partial charge on any atom is 0.251 e. The van der Waals surface area contributed by atoms with Crippen molar-refractivity contribution in [3.8, 4) is 5.69 Å². The van der Waals surface area contributed by atoms with Crippen molar-refractivity contribution >= 4 is 17.5 Å². The van der Waals surface area contributed by atoms with Crippen LogP contribution in [0.3, 0.4) is 0 Å². The van der Waals surface area contributed by atoms with E-state index in [-0.39, 0.29) is 11.9 Å². The van der Waals surface area contributed by atoms with Gasteiger partial charge in [0.25, 0.3) is 5.91 Å². The van der Waals surface area contributed by atoms with Crippen molar-refractivity contribution in [3.63, 3.8) is 0 Å². The van der Waals surface area contributed by atoms with Crippen LogP contribution in [-0.2, 0) is 4.74 Å². The number of rotatable bonds is 5. The first kappa shape index (κ1) is 16.5. The number of carbonyl (C=O) groups excluding carboxylic acids is 1. The van der Waals surface area contributed by atoms with Crippen molar-refractivity contribution in [2.45, 2.75) is 26.8 Å². The molecule has 0 aliphatic heterocycles. The molecule has 1 amide bonds.